The molecule has 0 aliphatic heterocycles. The molecule has 3 rings (SSSR count). The number of rotatable bonds is 6. The molecule has 3 aromatic carbocycles. The highest BCUT2D eigenvalue weighted by Crippen LogP contribution is 2.22. The molecule has 0 spiro atoms. The van der Waals surface area contributed by atoms with Crippen molar-refractivity contribution in [3.63, 3.8) is 0 Å². The molecule has 0 atom stereocenters. The molecule has 0 heterocycles. The number of carbonyl (C=O) groups excluding carboxylic acids is 1. The largest absolute Gasteiger partial charge is 0.459 e. The van der Waals surface area contributed by atoms with E-state index in [4.69, 9.17) is 4.74 Å². The summed E-state index contributed by atoms with van der Waals surface area (Å²) in [6, 6.07) is 25.2. The second kappa shape index (κ2) is 8.81. The van der Waals surface area contributed by atoms with Crippen molar-refractivity contribution in [2.24, 2.45) is 5.10 Å². The van der Waals surface area contributed by atoms with Gasteiger partial charge in [-0.25, -0.2) is 4.79 Å². The minimum atomic E-state index is -0.309. The van der Waals surface area contributed by atoms with Crippen LogP contribution in [0.1, 0.15) is 29.8 Å². The fourth-order valence-electron chi connectivity index (χ4n) is 2.60. The van der Waals surface area contributed by atoms with Gasteiger partial charge in [0.15, 0.2) is 0 Å². The molecule has 136 valence electrons. The lowest BCUT2D eigenvalue weighted by molar-refractivity contribution is 0.0378. The van der Waals surface area contributed by atoms with E-state index in [9.17, 15) is 4.79 Å². The third-order valence-electron chi connectivity index (χ3n) is 3.84. The number of esters is 1. The van der Waals surface area contributed by atoms with Crippen molar-refractivity contribution in [1.82, 2.24) is 0 Å². The van der Waals surface area contributed by atoms with E-state index in [2.05, 4.69) is 10.5 Å². The van der Waals surface area contributed by atoms with Crippen LogP contribution in [0.25, 0.3) is 11.1 Å². The Bertz CT molecular complexity index is 934. The van der Waals surface area contributed by atoms with Crippen molar-refractivity contribution in [1.29, 1.82) is 0 Å². The third-order valence-corrected chi connectivity index (χ3v) is 3.84. The van der Waals surface area contributed by atoms with Gasteiger partial charge >= 0.3 is 5.97 Å². The van der Waals surface area contributed by atoms with Crippen LogP contribution < -0.4 is 5.43 Å². The van der Waals surface area contributed by atoms with Crippen molar-refractivity contribution in [2.45, 2.75) is 20.0 Å². The van der Waals surface area contributed by atoms with Gasteiger partial charge in [-0.1, -0.05) is 48.5 Å². The Labute approximate surface area is 159 Å². The molecule has 0 saturated carbocycles. The zero-order chi connectivity index (χ0) is 19.1. The fourth-order valence-corrected chi connectivity index (χ4v) is 2.60. The standard InChI is InChI=1S/C23H22N2O2/c1-17(2)27-23(26)21-11-7-10-20(15-21)19-9-6-8-18(14-19)16-24-25-22-12-4-3-5-13-22/h3-17,25H,1-2H3. The maximum atomic E-state index is 12.1. The van der Waals surface area contributed by atoms with Crippen LogP contribution in [0.5, 0.6) is 0 Å². The average molecular weight is 358 g/mol. The number of nitrogens with one attached hydrogen (secondary N) is 1. The van der Waals surface area contributed by atoms with E-state index in [1.165, 1.54) is 0 Å². The number of nitrogens with zero attached hydrogens (tertiary/aromatic N) is 1. The minimum absolute atomic E-state index is 0.141. The molecule has 0 radical (unpaired) electrons. The van der Waals surface area contributed by atoms with E-state index >= 15 is 0 Å². The normalized spacial score (nSPS) is 10.9. The van der Waals surface area contributed by atoms with Crippen LogP contribution in [0.15, 0.2) is 84.0 Å². The number of hydrogen-bond acceptors (Lipinski definition) is 4. The van der Waals surface area contributed by atoms with E-state index < -0.39 is 0 Å². The first kappa shape index (κ1) is 18.4. The molecule has 0 aromatic heterocycles. The molecule has 4 heteroatoms. The number of hydrogen-bond donors (Lipinski definition) is 1. The summed E-state index contributed by atoms with van der Waals surface area (Å²) >= 11 is 0. The molecule has 1 N–H and O–H groups in total. The molecule has 27 heavy (non-hydrogen) atoms. The van der Waals surface area contributed by atoms with Crippen LogP contribution in [-0.4, -0.2) is 18.3 Å². The molecule has 0 fully saturated rings. The van der Waals surface area contributed by atoms with Crippen LogP contribution in [0.2, 0.25) is 0 Å². The zero-order valence-corrected chi connectivity index (χ0v) is 15.4. The number of anilines is 1. The summed E-state index contributed by atoms with van der Waals surface area (Å²) in [5.41, 5.74) is 7.42. The number of ether oxygens (including phenoxy) is 1. The molecule has 0 amide bonds. The smallest absolute Gasteiger partial charge is 0.338 e. The molecule has 0 aliphatic carbocycles. The Morgan fingerprint density at radius 2 is 1.63 bits per heavy atom. The summed E-state index contributed by atoms with van der Waals surface area (Å²) in [5.74, 6) is -0.309. The predicted molar refractivity (Wildman–Crippen MR) is 110 cm³/mol. The Kier molecular flexibility index (Phi) is 6.00. The lowest BCUT2D eigenvalue weighted by Crippen LogP contribution is -2.11. The van der Waals surface area contributed by atoms with E-state index in [0.29, 0.717) is 5.56 Å². The topological polar surface area (TPSA) is 50.7 Å². The summed E-state index contributed by atoms with van der Waals surface area (Å²) in [6.07, 6.45) is 1.63. The van der Waals surface area contributed by atoms with Gasteiger partial charge in [-0.2, -0.15) is 5.10 Å². The van der Waals surface area contributed by atoms with Gasteiger partial charge in [-0.05, 0) is 60.9 Å². The van der Waals surface area contributed by atoms with Gasteiger partial charge in [0, 0.05) is 0 Å². The second-order valence-corrected chi connectivity index (χ2v) is 6.40. The van der Waals surface area contributed by atoms with Gasteiger partial charge in [0.25, 0.3) is 0 Å². The number of para-hydroxylation sites is 1. The van der Waals surface area contributed by atoms with Gasteiger partial charge in [0.05, 0.1) is 23.6 Å². The average Bonchev–Trinajstić information content (AvgIpc) is 2.69. The Balaban J connectivity index is 1.76. The fraction of sp³-hybridized carbons (Fsp3) is 0.130. The first-order valence-corrected chi connectivity index (χ1v) is 8.87. The molecule has 0 unspecified atom stereocenters. The van der Waals surface area contributed by atoms with E-state index in [1.807, 2.05) is 86.6 Å². The molecule has 0 aliphatic rings. The Morgan fingerprint density at radius 3 is 2.37 bits per heavy atom. The molecular weight excluding hydrogens is 336 g/mol. The maximum absolute atomic E-state index is 12.1. The Hall–Kier alpha value is -3.40. The summed E-state index contributed by atoms with van der Waals surface area (Å²) in [4.78, 5) is 12.1. The first-order valence-electron chi connectivity index (χ1n) is 8.87. The molecule has 3 aromatic rings. The number of hydrazone groups is 1. The van der Waals surface area contributed by atoms with Crippen molar-refractivity contribution in [2.75, 3.05) is 5.43 Å². The van der Waals surface area contributed by atoms with E-state index in [0.717, 1.165) is 22.4 Å². The highest BCUT2D eigenvalue weighted by atomic mass is 16.5. The van der Waals surface area contributed by atoms with Gasteiger partial charge in [0.1, 0.15) is 0 Å². The zero-order valence-electron chi connectivity index (χ0n) is 15.4. The van der Waals surface area contributed by atoms with Crippen molar-refractivity contribution in [3.05, 3.63) is 90.0 Å². The SMILES string of the molecule is CC(C)OC(=O)c1cccc(-c2cccc(C=NNc3ccccc3)c2)c1. The quantitative estimate of drug-likeness (QED) is 0.366. The van der Waals surface area contributed by atoms with Crippen LogP contribution in [-0.2, 0) is 4.74 Å². The summed E-state index contributed by atoms with van der Waals surface area (Å²) in [6.45, 7) is 3.68. The molecule has 0 saturated heterocycles. The van der Waals surface area contributed by atoms with E-state index in [-0.39, 0.29) is 12.1 Å². The van der Waals surface area contributed by atoms with Gasteiger partial charge in [-0.15, -0.1) is 0 Å². The lowest BCUT2D eigenvalue weighted by Gasteiger charge is -2.09. The predicted octanol–water partition coefficient (Wildman–Crippen LogP) is 5.36. The maximum Gasteiger partial charge on any atom is 0.338 e. The Morgan fingerprint density at radius 1 is 0.926 bits per heavy atom. The first-order chi connectivity index (χ1) is 13.1. The van der Waals surface area contributed by atoms with Gasteiger partial charge < -0.3 is 4.74 Å². The second-order valence-electron chi connectivity index (χ2n) is 6.40. The van der Waals surface area contributed by atoms with Crippen LogP contribution >= 0.6 is 0 Å². The van der Waals surface area contributed by atoms with Crippen LogP contribution in [0, 0.1) is 0 Å². The monoisotopic (exact) mass is 358 g/mol. The van der Waals surface area contributed by atoms with E-state index in [1.54, 1.807) is 12.3 Å². The van der Waals surface area contributed by atoms with Crippen molar-refractivity contribution in [3.8, 4) is 11.1 Å². The summed E-state index contributed by atoms with van der Waals surface area (Å²) in [7, 11) is 0. The number of benzene rings is 3. The summed E-state index contributed by atoms with van der Waals surface area (Å²) in [5, 5.41) is 4.28. The van der Waals surface area contributed by atoms with Crippen molar-refractivity contribution < 1.29 is 9.53 Å². The molecular formula is C23H22N2O2. The lowest BCUT2D eigenvalue weighted by atomic mass is 10.0. The van der Waals surface area contributed by atoms with Crippen molar-refractivity contribution >= 4 is 17.9 Å². The van der Waals surface area contributed by atoms with Crippen LogP contribution in [0.4, 0.5) is 5.69 Å². The van der Waals surface area contributed by atoms with Crippen LogP contribution in [0.3, 0.4) is 0 Å². The summed E-state index contributed by atoms with van der Waals surface area (Å²) < 4.78 is 5.28. The third kappa shape index (κ3) is 5.28. The highest BCUT2D eigenvalue weighted by Gasteiger charge is 2.10. The minimum Gasteiger partial charge on any atom is -0.459 e. The molecule has 4 nitrogen and oxygen atoms in total. The van der Waals surface area contributed by atoms with Gasteiger partial charge in [0.2, 0.25) is 0 Å². The van der Waals surface area contributed by atoms with Gasteiger partial charge in [-0.3, -0.25) is 5.43 Å². The number of carbonyl (C=O) groups is 1. The highest BCUT2D eigenvalue weighted by molar-refractivity contribution is 5.91. The molecule has 0 bridgehead atoms.